The topological polar surface area (TPSA) is 86.2 Å². The molecule has 42 heavy (non-hydrogen) atoms. The monoisotopic (exact) mass is 560 g/mol. The van der Waals surface area contributed by atoms with Crippen molar-refractivity contribution in [1.82, 2.24) is 15.3 Å². The van der Waals surface area contributed by atoms with Crippen LogP contribution in [0.4, 0.5) is 14.6 Å². The van der Waals surface area contributed by atoms with Crippen molar-refractivity contribution < 1.29 is 17.9 Å². The predicted octanol–water partition coefficient (Wildman–Crippen LogP) is 8.01. The second-order valence-corrected chi connectivity index (χ2v) is 9.65. The maximum Gasteiger partial charge on any atom is 0.213 e. The number of nitrogens with zero attached hydrogens (tertiary/aromatic N) is 2. The van der Waals surface area contributed by atoms with E-state index < -0.39 is 5.95 Å². The first kappa shape index (κ1) is 26.9. The first-order valence-corrected chi connectivity index (χ1v) is 13.3. The minimum absolute atomic E-state index is 0.301. The number of pyridine rings is 2. The summed E-state index contributed by atoms with van der Waals surface area (Å²) in [6.07, 6.45) is 7.05. The van der Waals surface area contributed by atoms with E-state index >= 15 is 0 Å². The number of nitrogens with one attached hydrogen (secondary N) is 1. The second kappa shape index (κ2) is 12.0. The van der Waals surface area contributed by atoms with E-state index in [0.29, 0.717) is 30.4 Å². The third kappa shape index (κ3) is 6.35. The smallest absolute Gasteiger partial charge is 0.213 e. The van der Waals surface area contributed by atoms with Gasteiger partial charge in [0.05, 0.1) is 12.7 Å². The number of hydrogen-bond donors (Lipinski definition) is 2. The number of hydrogen-bond acceptors (Lipinski definition) is 6. The Hall–Kier alpha value is -5.34. The quantitative estimate of drug-likeness (QED) is 0.138. The fraction of sp³-hybridized carbons (Fsp3) is 0.0588. The molecule has 3 N–H and O–H groups in total. The molecule has 0 bridgehead atoms. The van der Waals surface area contributed by atoms with Crippen molar-refractivity contribution in [2.75, 3.05) is 12.3 Å². The third-order valence-electron chi connectivity index (χ3n) is 6.63. The summed E-state index contributed by atoms with van der Waals surface area (Å²) < 4.78 is 38.9. The molecule has 208 valence electrons. The Kier molecular flexibility index (Phi) is 7.70. The Morgan fingerprint density at radius 2 is 1.57 bits per heavy atom. The average Bonchev–Trinajstić information content (AvgIpc) is 3.42. The van der Waals surface area contributed by atoms with Gasteiger partial charge in [0.1, 0.15) is 34.5 Å². The molecule has 8 heteroatoms. The van der Waals surface area contributed by atoms with Gasteiger partial charge in [-0.25, -0.2) is 14.4 Å². The molecule has 0 aliphatic heterocycles. The van der Waals surface area contributed by atoms with E-state index in [1.54, 1.807) is 24.4 Å². The molecule has 0 spiro atoms. The number of nitrogen functional groups attached to an aromatic ring is 1. The summed E-state index contributed by atoms with van der Waals surface area (Å²) in [5.74, 6) is 1.46. The summed E-state index contributed by atoms with van der Waals surface area (Å²) in [5, 5.41) is 4.31. The number of nitrogens with two attached hydrogens (primary N) is 1. The van der Waals surface area contributed by atoms with Gasteiger partial charge in [0, 0.05) is 23.7 Å². The standard InChI is InChI=1S/C34H26F2N4O2/c35-27-8-4-24(5-9-27)31-18-25(23-6-10-28(11-7-23)41-29-12-13-32(36)39-21-29)16-26-17-30(42-34(26)31)20-38-15-1-2-22-3-14-33(37)40-19-22/h1-14,16-19,21,38H,15,20H2,(H2,37,40)/b2-1+. The Morgan fingerprint density at radius 1 is 0.786 bits per heavy atom. The highest BCUT2D eigenvalue weighted by molar-refractivity contribution is 5.97. The lowest BCUT2D eigenvalue weighted by molar-refractivity contribution is 0.474. The highest BCUT2D eigenvalue weighted by atomic mass is 19.1. The molecule has 0 unspecified atom stereocenters. The van der Waals surface area contributed by atoms with Crippen LogP contribution in [0.25, 0.3) is 39.3 Å². The molecule has 3 aromatic carbocycles. The van der Waals surface area contributed by atoms with Crippen molar-refractivity contribution in [3.63, 3.8) is 0 Å². The summed E-state index contributed by atoms with van der Waals surface area (Å²) in [7, 11) is 0. The van der Waals surface area contributed by atoms with Gasteiger partial charge in [0.15, 0.2) is 0 Å². The number of fused-ring (bicyclic) bond motifs is 1. The largest absolute Gasteiger partial charge is 0.459 e. The number of benzene rings is 3. The molecule has 0 amide bonds. The molecule has 3 aromatic heterocycles. The van der Waals surface area contributed by atoms with Crippen LogP contribution in [0, 0.1) is 11.8 Å². The van der Waals surface area contributed by atoms with E-state index in [4.69, 9.17) is 14.9 Å². The molecule has 0 radical (unpaired) electrons. The van der Waals surface area contributed by atoms with Crippen LogP contribution < -0.4 is 15.8 Å². The van der Waals surface area contributed by atoms with Gasteiger partial charge >= 0.3 is 0 Å². The molecule has 0 aliphatic rings. The minimum atomic E-state index is -0.563. The fourth-order valence-corrected chi connectivity index (χ4v) is 4.57. The summed E-state index contributed by atoms with van der Waals surface area (Å²) in [6.45, 7) is 1.17. The van der Waals surface area contributed by atoms with Gasteiger partial charge in [-0.05, 0) is 89.0 Å². The summed E-state index contributed by atoms with van der Waals surface area (Å²) >= 11 is 0. The Morgan fingerprint density at radius 3 is 2.31 bits per heavy atom. The first-order chi connectivity index (χ1) is 20.5. The normalized spacial score (nSPS) is 11.4. The van der Waals surface area contributed by atoms with Gasteiger partial charge in [-0.3, -0.25) is 0 Å². The zero-order valence-electron chi connectivity index (χ0n) is 22.4. The number of ether oxygens (including phenoxy) is 1. The van der Waals surface area contributed by atoms with Gasteiger partial charge in [-0.2, -0.15) is 4.39 Å². The van der Waals surface area contributed by atoms with Crippen molar-refractivity contribution in [2.45, 2.75) is 6.54 Å². The van der Waals surface area contributed by atoms with Crippen LogP contribution in [0.2, 0.25) is 0 Å². The van der Waals surface area contributed by atoms with Crippen LogP contribution in [-0.2, 0) is 6.54 Å². The molecular formula is C34H26F2N4O2. The van der Waals surface area contributed by atoms with Crippen molar-refractivity contribution in [3.8, 4) is 33.8 Å². The van der Waals surface area contributed by atoms with Crippen LogP contribution in [0.3, 0.4) is 0 Å². The number of halogens is 2. The third-order valence-corrected chi connectivity index (χ3v) is 6.63. The summed E-state index contributed by atoms with van der Waals surface area (Å²) in [4.78, 5) is 7.71. The summed E-state index contributed by atoms with van der Waals surface area (Å²) in [6, 6.07) is 26.6. The van der Waals surface area contributed by atoms with E-state index in [1.165, 1.54) is 30.5 Å². The van der Waals surface area contributed by atoms with Crippen LogP contribution in [-0.4, -0.2) is 16.5 Å². The van der Waals surface area contributed by atoms with Crippen LogP contribution in [0.5, 0.6) is 11.5 Å². The first-order valence-electron chi connectivity index (χ1n) is 13.3. The van der Waals surface area contributed by atoms with E-state index in [1.807, 2.05) is 54.6 Å². The van der Waals surface area contributed by atoms with E-state index in [0.717, 1.165) is 44.5 Å². The van der Waals surface area contributed by atoms with Crippen LogP contribution in [0.1, 0.15) is 11.3 Å². The Labute approximate surface area is 241 Å². The lowest BCUT2D eigenvalue weighted by Gasteiger charge is -2.09. The van der Waals surface area contributed by atoms with Crippen molar-refractivity contribution >= 4 is 22.9 Å². The molecule has 0 aliphatic carbocycles. The van der Waals surface area contributed by atoms with Crippen LogP contribution >= 0.6 is 0 Å². The number of rotatable bonds is 9. The van der Waals surface area contributed by atoms with Gasteiger partial charge < -0.3 is 20.2 Å². The maximum absolute atomic E-state index is 13.7. The zero-order valence-corrected chi connectivity index (χ0v) is 22.4. The molecule has 6 rings (SSSR count). The number of furan rings is 1. The number of aromatic nitrogens is 2. The highest BCUT2D eigenvalue weighted by Crippen LogP contribution is 2.37. The van der Waals surface area contributed by atoms with Gasteiger partial charge in [-0.15, -0.1) is 0 Å². The van der Waals surface area contributed by atoms with Gasteiger partial charge in [0.2, 0.25) is 5.95 Å². The maximum atomic E-state index is 13.7. The molecule has 0 atom stereocenters. The molecule has 6 aromatic rings. The second-order valence-electron chi connectivity index (χ2n) is 9.65. The zero-order chi connectivity index (χ0) is 28.9. The van der Waals surface area contributed by atoms with E-state index in [9.17, 15) is 8.78 Å². The highest BCUT2D eigenvalue weighted by Gasteiger charge is 2.14. The van der Waals surface area contributed by atoms with E-state index in [-0.39, 0.29) is 5.82 Å². The predicted molar refractivity (Wildman–Crippen MR) is 161 cm³/mol. The van der Waals surface area contributed by atoms with Crippen molar-refractivity contribution in [3.05, 3.63) is 133 Å². The Balaban J connectivity index is 1.24. The lowest BCUT2D eigenvalue weighted by Crippen LogP contribution is -2.11. The average molecular weight is 561 g/mol. The Bertz CT molecular complexity index is 1830. The summed E-state index contributed by atoms with van der Waals surface area (Å²) in [5.41, 5.74) is 11.0. The van der Waals surface area contributed by atoms with Gasteiger partial charge in [0.25, 0.3) is 0 Å². The fourth-order valence-electron chi connectivity index (χ4n) is 4.57. The molecule has 6 nitrogen and oxygen atoms in total. The minimum Gasteiger partial charge on any atom is -0.459 e. The molecule has 0 saturated heterocycles. The van der Waals surface area contributed by atoms with Crippen molar-refractivity contribution in [2.24, 2.45) is 0 Å². The van der Waals surface area contributed by atoms with Crippen LogP contribution in [0.15, 0.2) is 114 Å². The molecule has 0 saturated carbocycles. The van der Waals surface area contributed by atoms with Gasteiger partial charge in [-0.1, -0.05) is 36.4 Å². The number of anilines is 1. The molecule has 3 heterocycles. The van der Waals surface area contributed by atoms with Crippen molar-refractivity contribution in [1.29, 1.82) is 0 Å². The van der Waals surface area contributed by atoms with E-state index in [2.05, 4.69) is 21.4 Å². The lowest BCUT2D eigenvalue weighted by atomic mass is 9.96. The SMILES string of the molecule is Nc1ccc(/C=C/CNCc2cc3cc(-c4ccc(Oc5ccc(F)nc5)cc4)cc(-c4ccc(F)cc4)c3o2)cn1. The molecule has 0 fully saturated rings. The molecular weight excluding hydrogens is 534 g/mol.